The summed E-state index contributed by atoms with van der Waals surface area (Å²) in [5.74, 6) is -0.259. The molecule has 8 nitrogen and oxygen atoms in total. The molecule has 0 atom stereocenters. The Balaban J connectivity index is 1.34. The number of ether oxygens (including phenoxy) is 1. The molecule has 1 fully saturated rings. The summed E-state index contributed by atoms with van der Waals surface area (Å²) in [4.78, 5) is 28.2. The third-order valence-electron chi connectivity index (χ3n) is 5.83. The number of hydrogen-bond donors (Lipinski definition) is 1. The molecule has 0 radical (unpaired) electrons. The number of rotatable bonds is 8. The van der Waals surface area contributed by atoms with Crippen LogP contribution < -0.4 is 15.0 Å². The number of hydrogen-bond acceptors (Lipinski definition) is 6. The van der Waals surface area contributed by atoms with E-state index in [4.69, 9.17) is 4.74 Å². The van der Waals surface area contributed by atoms with Crippen LogP contribution in [0.1, 0.15) is 22.8 Å². The van der Waals surface area contributed by atoms with Gasteiger partial charge in [-0.3, -0.25) is 19.8 Å². The SMILES string of the molecule is CCOc1ccc(C(=O)Nc2ccc(N3CCN(Cc4ccccc4)CC3)cc2)cc1[N+](=O)[O-]. The molecule has 0 unspecified atom stereocenters. The van der Waals surface area contributed by atoms with E-state index in [2.05, 4.69) is 39.4 Å². The normalized spacial score (nSPS) is 14.0. The Morgan fingerprint density at radius 3 is 2.35 bits per heavy atom. The first kappa shape index (κ1) is 23.3. The van der Waals surface area contributed by atoms with E-state index in [0.29, 0.717) is 12.3 Å². The predicted molar refractivity (Wildman–Crippen MR) is 133 cm³/mol. The second-order valence-corrected chi connectivity index (χ2v) is 8.12. The van der Waals surface area contributed by atoms with Gasteiger partial charge in [0.1, 0.15) is 0 Å². The van der Waals surface area contributed by atoms with Crippen molar-refractivity contribution in [3.05, 3.63) is 94.0 Å². The number of nitro groups is 1. The fourth-order valence-corrected chi connectivity index (χ4v) is 4.04. The Labute approximate surface area is 198 Å². The van der Waals surface area contributed by atoms with E-state index in [1.165, 1.54) is 23.8 Å². The highest BCUT2D eigenvalue weighted by atomic mass is 16.6. The number of benzene rings is 3. The maximum absolute atomic E-state index is 12.6. The van der Waals surface area contributed by atoms with E-state index in [1.54, 1.807) is 6.92 Å². The number of nitrogens with one attached hydrogen (secondary N) is 1. The minimum atomic E-state index is -0.545. The summed E-state index contributed by atoms with van der Waals surface area (Å²) >= 11 is 0. The molecule has 0 aromatic heterocycles. The highest BCUT2D eigenvalue weighted by Crippen LogP contribution is 2.28. The largest absolute Gasteiger partial charge is 0.487 e. The van der Waals surface area contributed by atoms with Gasteiger partial charge < -0.3 is 15.0 Å². The number of carbonyl (C=O) groups is 1. The Kier molecular flexibility index (Phi) is 7.39. The van der Waals surface area contributed by atoms with Crippen molar-refractivity contribution in [2.24, 2.45) is 0 Å². The third-order valence-corrected chi connectivity index (χ3v) is 5.83. The maximum atomic E-state index is 12.6. The first-order chi connectivity index (χ1) is 16.5. The maximum Gasteiger partial charge on any atom is 0.311 e. The van der Waals surface area contributed by atoms with E-state index in [-0.39, 0.29) is 17.0 Å². The van der Waals surface area contributed by atoms with Crippen LogP contribution in [0.15, 0.2) is 72.8 Å². The molecule has 3 aromatic carbocycles. The van der Waals surface area contributed by atoms with Gasteiger partial charge >= 0.3 is 5.69 Å². The van der Waals surface area contributed by atoms with Gasteiger partial charge in [-0.05, 0) is 48.9 Å². The van der Waals surface area contributed by atoms with Crippen molar-refractivity contribution in [2.45, 2.75) is 13.5 Å². The fraction of sp³-hybridized carbons (Fsp3) is 0.269. The van der Waals surface area contributed by atoms with Gasteiger partial charge in [0.05, 0.1) is 11.5 Å². The Morgan fingerprint density at radius 2 is 1.71 bits per heavy atom. The van der Waals surface area contributed by atoms with Crippen LogP contribution in [-0.2, 0) is 6.54 Å². The molecule has 0 aliphatic carbocycles. The molecule has 0 spiro atoms. The van der Waals surface area contributed by atoms with Gasteiger partial charge in [0.25, 0.3) is 5.91 Å². The monoisotopic (exact) mass is 460 g/mol. The molecule has 176 valence electrons. The van der Waals surface area contributed by atoms with Crippen molar-refractivity contribution in [3.8, 4) is 5.75 Å². The summed E-state index contributed by atoms with van der Waals surface area (Å²) in [7, 11) is 0. The summed E-state index contributed by atoms with van der Waals surface area (Å²) < 4.78 is 5.28. The van der Waals surface area contributed by atoms with Crippen molar-refractivity contribution in [3.63, 3.8) is 0 Å². The number of carbonyl (C=O) groups excluding carboxylic acids is 1. The van der Waals surface area contributed by atoms with Crippen molar-refractivity contribution in [1.29, 1.82) is 0 Å². The van der Waals surface area contributed by atoms with E-state index >= 15 is 0 Å². The average Bonchev–Trinajstić information content (AvgIpc) is 2.86. The standard InChI is InChI=1S/C26H28N4O4/c1-2-34-25-13-8-21(18-24(25)30(32)33)26(31)27-22-9-11-23(12-10-22)29-16-14-28(15-17-29)19-20-6-4-3-5-7-20/h3-13,18H,2,14-17,19H2,1H3,(H,27,31). The summed E-state index contributed by atoms with van der Waals surface area (Å²) in [5.41, 5.74) is 3.04. The first-order valence-electron chi connectivity index (χ1n) is 11.4. The van der Waals surface area contributed by atoms with Crippen molar-refractivity contribution >= 4 is 23.0 Å². The molecular formula is C26H28N4O4. The molecule has 8 heteroatoms. The molecule has 1 aliphatic rings. The van der Waals surface area contributed by atoms with Crippen LogP contribution in [0.5, 0.6) is 5.75 Å². The van der Waals surface area contributed by atoms with E-state index in [9.17, 15) is 14.9 Å². The zero-order chi connectivity index (χ0) is 23.9. The van der Waals surface area contributed by atoms with Gasteiger partial charge in [-0.25, -0.2) is 0 Å². The highest BCUT2D eigenvalue weighted by Gasteiger charge is 2.20. The van der Waals surface area contributed by atoms with E-state index < -0.39 is 10.8 Å². The number of piperazine rings is 1. The van der Waals surface area contributed by atoms with Gasteiger partial charge in [0.15, 0.2) is 5.75 Å². The van der Waals surface area contributed by atoms with Crippen molar-refractivity contribution in [1.82, 2.24) is 4.90 Å². The lowest BCUT2D eigenvalue weighted by Gasteiger charge is -2.36. The van der Waals surface area contributed by atoms with Crippen LogP contribution in [0.25, 0.3) is 0 Å². The van der Waals surface area contributed by atoms with E-state index in [1.807, 2.05) is 30.3 Å². The molecule has 1 N–H and O–H groups in total. The van der Waals surface area contributed by atoms with Crippen molar-refractivity contribution in [2.75, 3.05) is 43.0 Å². The summed E-state index contributed by atoms with van der Waals surface area (Å²) in [6.45, 7) is 6.87. The van der Waals surface area contributed by atoms with Crippen LogP contribution in [0.3, 0.4) is 0 Å². The zero-order valence-corrected chi connectivity index (χ0v) is 19.1. The van der Waals surface area contributed by atoms with E-state index in [0.717, 1.165) is 38.4 Å². The summed E-state index contributed by atoms with van der Waals surface area (Å²) in [6.07, 6.45) is 0. The summed E-state index contributed by atoms with van der Waals surface area (Å²) in [6, 6.07) is 22.4. The van der Waals surface area contributed by atoms with Crippen LogP contribution in [0.4, 0.5) is 17.1 Å². The molecule has 34 heavy (non-hydrogen) atoms. The summed E-state index contributed by atoms with van der Waals surface area (Å²) in [5, 5.41) is 14.1. The smallest absolute Gasteiger partial charge is 0.311 e. The van der Waals surface area contributed by atoms with Crippen LogP contribution in [0, 0.1) is 10.1 Å². The third kappa shape index (κ3) is 5.71. The first-order valence-corrected chi connectivity index (χ1v) is 11.4. The fourth-order valence-electron chi connectivity index (χ4n) is 4.04. The van der Waals surface area contributed by atoms with Gasteiger partial charge in [0.2, 0.25) is 0 Å². The number of nitro benzene ring substituents is 1. The molecular weight excluding hydrogens is 432 g/mol. The lowest BCUT2D eigenvalue weighted by molar-refractivity contribution is -0.385. The Bertz CT molecular complexity index is 1130. The minimum Gasteiger partial charge on any atom is -0.487 e. The molecule has 3 aromatic rings. The predicted octanol–water partition coefficient (Wildman–Crippen LogP) is 4.57. The molecule has 1 aliphatic heterocycles. The minimum absolute atomic E-state index is 0.150. The zero-order valence-electron chi connectivity index (χ0n) is 19.1. The quantitative estimate of drug-likeness (QED) is 0.391. The van der Waals surface area contributed by atoms with Gasteiger partial charge in [-0.1, -0.05) is 30.3 Å². The Hall–Kier alpha value is -3.91. The van der Waals surface area contributed by atoms with Crippen molar-refractivity contribution < 1.29 is 14.5 Å². The van der Waals surface area contributed by atoms with Crippen LogP contribution >= 0.6 is 0 Å². The highest BCUT2D eigenvalue weighted by molar-refractivity contribution is 6.04. The lowest BCUT2D eigenvalue weighted by Crippen LogP contribution is -2.45. The average molecular weight is 461 g/mol. The second-order valence-electron chi connectivity index (χ2n) is 8.12. The molecule has 1 amide bonds. The second kappa shape index (κ2) is 10.8. The molecule has 4 rings (SSSR count). The van der Waals surface area contributed by atoms with Gasteiger partial charge in [-0.2, -0.15) is 0 Å². The molecule has 1 heterocycles. The number of amides is 1. The number of anilines is 2. The number of nitrogens with zero attached hydrogens (tertiary/aromatic N) is 3. The lowest BCUT2D eigenvalue weighted by atomic mass is 10.1. The van der Waals surface area contributed by atoms with Crippen LogP contribution in [0.2, 0.25) is 0 Å². The Morgan fingerprint density at radius 1 is 1.00 bits per heavy atom. The molecule has 1 saturated heterocycles. The van der Waals surface area contributed by atoms with Gasteiger partial charge in [-0.15, -0.1) is 0 Å². The molecule has 0 saturated carbocycles. The molecule has 0 bridgehead atoms. The van der Waals surface area contributed by atoms with Gasteiger partial charge in [0, 0.05) is 55.7 Å². The van der Waals surface area contributed by atoms with Crippen LogP contribution in [-0.4, -0.2) is 48.5 Å². The topological polar surface area (TPSA) is 88.0 Å².